The van der Waals surface area contributed by atoms with Crippen molar-refractivity contribution in [3.05, 3.63) is 0 Å². The molecule has 0 spiro atoms. The summed E-state index contributed by atoms with van der Waals surface area (Å²) in [5, 5.41) is 6.50. The van der Waals surface area contributed by atoms with Gasteiger partial charge in [0.2, 0.25) is 0 Å². The van der Waals surface area contributed by atoms with E-state index in [0.29, 0.717) is 0 Å². The second-order valence-electron chi connectivity index (χ2n) is 0. The predicted octanol–water partition coefficient (Wildman–Crippen LogP) is -1.33. The average Bonchev–Trinajstić information content (AvgIpc) is 1.00. The molecule has 0 aliphatic rings. The van der Waals surface area contributed by atoms with E-state index in [0.717, 1.165) is 0 Å². The predicted molar refractivity (Wildman–Crippen MR) is 17.4 cm³/mol. The number of nitrogens with zero attached hydrogens (tertiary/aromatic N) is 1. The maximum absolute atomic E-state index is 6.50. The van der Waals surface area contributed by atoms with Crippen LogP contribution in [0.15, 0.2) is 0 Å². The van der Waals surface area contributed by atoms with Gasteiger partial charge in [-0.05, 0) is 0 Å². The minimum absolute atomic E-state index is 0. The third-order valence-electron chi connectivity index (χ3n) is 0. The molecule has 0 unspecified atom stereocenters. The summed E-state index contributed by atoms with van der Waals surface area (Å²) in [6, 6.07) is 0. The van der Waals surface area contributed by atoms with Crippen molar-refractivity contribution in [3.63, 3.8) is 0 Å². The Labute approximate surface area is 67.5 Å². The molecule has 0 aromatic carbocycles. The molecule has 0 atom stereocenters. The summed E-state index contributed by atoms with van der Waals surface area (Å²) in [5.41, 5.74) is 0. The second kappa shape index (κ2) is 33.0. The van der Waals surface area contributed by atoms with Gasteiger partial charge >= 0.3 is 51.4 Å². The molecule has 0 aromatic rings. The van der Waals surface area contributed by atoms with Crippen molar-refractivity contribution in [1.82, 2.24) is 0 Å². The Morgan fingerprint density at radius 1 is 1.25 bits per heavy atom. The molecule has 2 nitrogen and oxygen atoms in total. The van der Waals surface area contributed by atoms with E-state index in [1.165, 1.54) is 0 Å². The quantitative estimate of drug-likeness (QED) is 0.336. The van der Waals surface area contributed by atoms with Crippen LogP contribution in [0.3, 0.4) is 0 Å². The Kier molecular flexibility index (Phi) is 161. The Hall–Kier alpha value is 1.09. The molecule has 3 heteroatoms. The maximum atomic E-state index is 6.50. The molecule has 20 valence electrons. The summed E-state index contributed by atoms with van der Waals surface area (Å²) in [7, 11) is 0. The second-order valence-corrected chi connectivity index (χ2v) is 0. The van der Waals surface area contributed by atoms with Gasteiger partial charge in [0.25, 0.3) is 0 Å². The summed E-state index contributed by atoms with van der Waals surface area (Å²) in [6.07, 6.45) is 0. The average molecular weight is 85.1 g/mol. The van der Waals surface area contributed by atoms with Crippen molar-refractivity contribution in [3.8, 4) is 6.57 Å². The van der Waals surface area contributed by atoms with Crippen molar-refractivity contribution < 1.29 is 5.48 Å². The molecule has 2 N–H and O–H groups in total. The third-order valence-corrected chi connectivity index (χ3v) is 0. The monoisotopic (exact) mass is 85.0 g/mol. The summed E-state index contributed by atoms with van der Waals surface area (Å²) in [4.78, 5) is 0. The molecule has 0 bridgehead atoms. The normalized spacial score (nSPS) is 0.500. The van der Waals surface area contributed by atoms with E-state index >= 15 is 0 Å². The van der Waals surface area contributed by atoms with E-state index in [4.69, 9.17) is 5.26 Å². The number of hydrogen-bond donors (Lipinski definition) is 0. The molecular weight excluding hydrogens is 81.1 g/mol. The van der Waals surface area contributed by atoms with E-state index in [2.05, 4.69) is 6.57 Å². The Balaban J connectivity index is -0.00000000500. The van der Waals surface area contributed by atoms with Gasteiger partial charge in [-0.25, -0.2) is 5.26 Å². The van der Waals surface area contributed by atoms with Gasteiger partial charge in [0.1, 0.15) is 0 Å². The molecule has 4 heavy (non-hydrogen) atoms. The van der Waals surface area contributed by atoms with E-state index < -0.39 is 0 Å². The molecule has 0 saturated heterocycles. The van der Waals surface area contributed by atoms with E-state index in [9.17, 15) is 0 Å². The first kappa shape index (κ1) is 19.5. The molecule has 0 aromatic heterocycles. The van der Waals surface area contributed by atoms with Crippen LogP contribution in [-0.2, 0) is 0 Å². The van der Waals surface area contributed by atoms with E-state index in [-0.39, 0.29) is 56.9 Å². The van der Waals surface area contributed by atoms with Crippen LogP contribution in [0.25, 0.3) is 0 Å². The van der Waals surface area contributed by atoms with Gasteiger partial charge in [0.15, 0.2) is 0 Å². The van der Waals surface area contributed by atoms with Crippen molar-refractivity contribution in [2.24, 2.45) is 0 Å². The van der Waals surface area contributed by atoms with E-state index in [1.807, 2.05) is 0 Å². The molecule has 0 fully saturated rings. The molecule has 0 amide bonds. The molecule has 0 aliphatic carbocycles. The Bertz CT molecular complexity index is 12.8. The van der Waals surface area contributed by atoms with Crippen molar-refractivity contribution >= 4 is 51.4 Å². The fourth-order valence-corrected chi connectivity index (χ4v) is 0. The number of rotatable bonds is 0. The first-order valence-corrected chi connectivity index (χ1v) is 0.258. The van der Waals surface area contributed by atoms with Crippen LogP contribution in [0.1, 0.15) is 0 Å². The molecular formula is CH4KNO. The summed E-state index contributed by atoms with van der Waals surface area (Å²) < 4.78 is 0. The summed E-state index contributed by atoms with van der Waals surface area (Å²) in [6.45, 7) is 3.50. The molecule has 0 radical (unpaired) electrons. The van der Waals surface area contributed by atoms with Gasteiger partial charge in [-0.2, -0.15) is 0 Å². The van der Waals surface area contributed by atoms with Gasteiger partial charge in [0, 0.05) is 6.57 Å². The topological polar surface area (TPSA) is 55.3 Å². The van der Waals surface area contributed by atoms with Crippen LogP contribution in [0.5, 0.6) is 0 Å². The van der Waals surface area contributed by atoms with Crippen LogP contribution in [0.4, 0.5) is 0 Å². The molecule has 0 saturated carbocycles. The van der Waals surface area contributed by atoms with Crippen LogP contribution in [-0.4, -0.2) is 56.9 Å². The number of nitriles is 1. The van der Waals surface area contributed by atoms with Gasteiger partial charge in [0.05, 0.1) is 0 Å². The molecule has 0 heterocycles. The Morgan fingerprint density at radius 2 is 1.25 bits per heavy atom. The van der Waals surface area contributed by atoms with Gasteiger partial charge in [-0.3, -0.25) is 0 Å². The van der Waals surface area contributed by atoms with Crippen LogP contribution >= 0.6 is 0 Å². The van der Waals surface area contributed by atoms with Crippen molar-refractivity contribution in [2.75, 3.05) is 0 Å². The standard InChI is InChI=1S/CHN.K.H2O.H/c1-2;;;/h1H;;1H2;. The zero-order chi connectivity index (χ0) is 2.00. The van der Waals surface area contributed by atoms with Crippen molar-refractivity contribution in [1.29, 1.82) is 5.26 Å². The third kappa shape index (κ3) is 11.4. The van der Waals surface area contributed by atoms with Crippen LogP contribution in [0.2, 0.25) is 0 Å². The van der Waals surface area contributed by atoms with Gasteiger partial charge < -0.3 is 5.48 Å². The van der Waals surface area contributed by atoms with E-state index in [1.54, 1.807) is 0 Å². The first-order valence-electron chi connectivity index (χ1n) is 0.258. The fourth-order valence-electron chi connectivity index (χ4n) is 0. The Morgan fingerprint density at radius 3 is 1.25 bits per heavy atom. The zero-order valence-corrected chi connectivity index (χ0v) is 1.52. The van der Waals surface area contributed by atoms with Crippen LogP contribution < -0.4 is 0 Å². The van der Waals surface area contributed by atoms with Gasteiger partial charge in [-0.15, -0.1) is 0 Å². The van der Waals surface area contributed by atoms with Crippen LogP contribution in [0, 0.1) is 11.8 Å². The SMILES string of the molecule is C#N.O.[KH]. The summed E-state index contributed by atoms with van der Waals surface area (Å²) in [5.74, 6) is 0. The fraction of sp³-hybridized carbons (Fsp3) is 0. The zero-order valence-electron chi connectivity index (χ0n) is 1.52. The van der Waals surface area contributed by atoms with Crippen molar-refractivity contribution in [2.45, 2.75) is 0 Å². The number of hydrogen-bond acceptors (Lipinski definition) is 1. The minimum atomic E-state index is 0. The van der Waals surface area contributed by atoms with Gasteiger partial charge in [-0.1, -0.05) is 0 Å². The molecule has 0 rings (SSSR count). The summed E-state index contributed by atoms with van der Waals surface area (Å²) >= 11 is 0. The molecule has 0 aliphatic heterocycles. The first-order chi connectivity index (χ1) is 1.00.